The third-order valence-corrected chi connectivity index (χ3v) is 1.30. The average Bonchev–Trinajstić information content (AvgIpc) is 2.04. The first kappa shape index (κ1) is 7.65. The lowest BCUT2D eigenvalue weighted by atomic mass is 10.2. The van der Waals surface area contributed by atoms with E-state index < -0.39 is 5.95 Å². The molecule has 0 aliphatic heterocycles. The van der Waals surface area contributed by atoms with Gasteiger partial charge in [0.25, 0.3) is 0 Å². The minimum Gasteiger partial charge on any atom is -0.387 e. The van der Waals surface area contributed by atoms with Crippen LogP contribution in [0.3, 0.4) is 0 Å². The van der Waals surface area contributed by atoms with Crippen LogP contribution in [0, 0.1) is 5.95 Å². The van der Waals surface area contributed by atoms with Crippen LogP contribution in [0.2, 0.25) is 0 Å². The van der Waals surface area contributed by atoms with Gasteiger partial charge in [-0.3, -0.25) is 4.79 Å². The van der Waals surface area contributed by atoms with Crippen molar-refractivity contribution in [1.82, 2.24) is 4.98 Å². The van der Waals surface area contributed by atoms with Gasteiger partial charge in [0.15, 0.2) is 6.29 Å². The number of rotatable bonds is 2. The van der Waals surface area contributed by atoms with Crippen LogP contribution in [0.1, 0.15) is 10.4 Å². The fraction of sp³-hybridized carbons (Fsp3) is 0.143. The number of nitrogens with one attached hydrogen (secondary N) is 1. The highest BCUT2D eigenvalue weighted by atomic mass is 19.1. The summed E-state index contributed by atoms with van der Waals surface area (Å²) in [6.45, 7) is 0. The minimum atomic E-state index is -0.597. The number of carbonyl (C=O) groups excluding carboxylic acids is 1. The van der Waals surface area contributed by atoms with E-state index in [0.29, 0.717) is 17.5 Å². The summed E-state index contributed by atoms with van der Waals surface area (Å²) in [5, 5.41) is 2.68. The van der Waals surface area contributed by atoms with Gasteiger partial charge >= 0.3 is 0 Å². The van der Waals surface area contributed by atoms with Gasteiger partial charge in [-0.1, -0.05) is 0 Å². The Morgan fingerprint density at radius 3 is 3.00 bits per heavy atom. The SMILES string of the molecule is CNc1cc(F)ncc1C=O. The zero-order valence-electron chi connectivity index (χ0n) is 5.97. The molecule has 0 amide bonds. The number of aromatic nitrogens is 1. The topological polar surface area (TPSA) is 42.0 Å². The molecule has 0 bridgehead atoms. The van der Waals surface area contributed by atoms with Crippen molar-refractivity contribution < 1.29 is 9.18 Å². The Bertz CT molecular complexity index is 275. The summed E-state index contributed by atoms with van der Waals surface area (Å²) in [4.78, 5) is 13.6. The molecule has 0 unspecified atom stereocenters. The lowest BCUT2D eigenvalue weighted by Gasteiger charge is -2.01. The maximum absolute atomic E-state index is 12.4. The standard InChI is InChI=1S/C7H7FN2O/c1-9-6-2-7(8)10-3-5(6)4-11/h2-4H,1H3,(H,9,10). The maximum atomic E-state index is 12.4. The van der Waals surface area contributed by atoms with Crippen LogP contribution in [-0.2, 0) is 0 Å². The summed E-state index contributed by atoms with van der Waals surface area (Å²) in [6, 6.07) is 1.17. The van der Waals surface area contributed by atoms with Crippen LogP contribution >= 0.6 is 0 Å². The smallest absolute Gasteiger partial charge is 0.214 e. The summed E-state index contributed by atoms with van der Waals surface area (Å²) in [7, 11) is 1.61. The van der Waals surface area contributed by atoms with Gasteiger partial charge in [0, 0.05) is 19.3 Å². The molecule has 3 nitrogen and oxygen atoms in total. The molecule has 1 aromatic rings. The summed E-state index contributed by atoms with van der Waals surface area (Å²) in [5.74, 6) is -0.597. The number of aldehydes is 1. The van der Waals surface area contributed by atoms with Crippen LogP contribution < -0.4 is 5.32 Å². The van der Waals surface area contributed by atoms with E-state index in [4.69, 9.17) is 0 Å². The molecule has 4 heteroatoms. The molecule has 11 heavy (non-hydrogen) atoms. The van der Waals surface area contributed by atoms with E-state index in [9.17, 15) is 9.18 Å². The van der Waals surface area contributed by atoms with E-state index in [0.717, 1.165) is 0 Å². The van der Waals surface area contributed by atoms with Crippen molar-refractivity contribution in [2.45, 2.75) is 0 Å². The molecule has 1 N–H and O–H groups in total. The van der Waals surface area contributed by atoms with Crippen molar-refractivity contribution in [2.75, 3.05) is 12.4 Å². The van der Waals surface area contributed by atoms with Crippen molar-refractivity contribution in [3.8, 4) is 0 Å². The summed E-state index contributed by atoms with van der Waals surface area (Å²) < 4.78 is 12.4. The second-order valence-corrected chi connectivity index (χ2v) is 1.96. The number of hydrogen-bond acceptors (Lipinski definition) is 3. The van der Waals surface area contributed by atoms with Crippen LogP contribution in [-0.4, -0.2) is 18.3 Å². The predicted molar refractivity (Wildman–Crippen MR) is 39.1 cm³/mol. The molecule has 0 spiro atoms. The van der Waals surface area contributed by atoms with Crippen molar-refractivity contribution in [1.29, 1.82) is 0 Å². The first-order valence-corrected chi connectivity index (χ1v) is 3.06. The molecule has 0 saturated heterocycles. The van der Waals surface area contributed by atoms with E-state index in [2.05, 4.69) is 10.3 Å². The number of pyridine rings is 1. The van der Waals surface area contributed by atoms with Crippen LogP contribution in [0.15, 0.2) is 12.3 Å². The van der Waals surface area contributed by atoms with E-state index >= 15 is 0 Å². The Labute approximate surface area is 63.3 Å². The molecule has 0 aliphatic carbocycles. The highest BCUT2D eigenvalue weighted by Crippen LogP contribution is 2.11. The molecule has 1 aromatic heterocycles. The van der Waals surface area contributed by atoms with Gasteiger partial charge in [-0.25, -0.2) is 4.98 Å². The van der Waals surface area contributed by atoms with E-state index in [1.807, 2.05) is 0 Å². The maximum Gasteiger partial charge on any atom is 0.214 e. The third kappa shape index (κ3) is 1.52. The molecule has 58 valence electrons. The fourth-order valence-electron chi connectivity index (χ4n) is 0.751. The summed E-state index contributed by atoms with van der Waals surface area (Å²) in [6.07, 6.45) is 1.81. The van der Waals surface area contributed by atoms with E-state index in [1.165, 1.54) is 12.3 Å². The fourth-order valence-corrected chi connectivity index (χ4v) is 0.751. The number of nitrogens with zero attached hydrogens (tertiary/aromatic N) is 1. The first-order chi connectivity index (χ1) is 5.27. The molecule has 0 fully saturated rings. The predicted octanol–water partition coefficient (Wildman–Crippen LogP) is 1.07. The van der Waals surface area contributed by atoms with E-state index in [-0.39, 0.29) is 0 Å². The zero-order chi connectivity index (χ0) is 8.27. The molecule has 0 aromatic carbocycles. The van der Waals surface area contributed by atoms with Gasteiger partial charge < -0.3 is 5.32 Å². The van der Waals surface area contributed by atoms with Gasteiger partial charge in [-0.15, -0.1) is 0 Å². The van der Waals surface area contributed by atoms with Crippen molar-refractivity contribution in [2.24, 2.45) is 0 Å². The highest BCUT2D eigenvalue weighted by molar-refractivity contribution is 5.83. The van der Waals surface area contributed by atoms with Crippen LogP contribution in [0.5, 0.6) is 0 Å². The van der Waals surface area contributed by atoms with Gasteiger partial charge in [0.05, 0.1) is 11.3 Å². The zero-order valence-corrected chi connectivity index (χ0v) is 5.97. The largest absolute Gasteiger partial charge is 0.387 e. The monoisotopic (exact) mass is 154 g/mol. The van der Waals surface area contributed by atoms with Crippen molar-refractivity contribution in [3.05, 3.63) is 23.8 Å². The molecule has 0 saturated carbocycles. The average molecular weight is 154 g/mol. The third-order valence-electron chi connectivity index (χ3n) is 1.30. The van der Waals surface area contributed by atoms with Gasteiger partial charge in [0.1, 0.15) is 0 Å². The Hall–Kier alpha value is -1.45. The molecule has 0 atom stereocenters. The van der Waals surface area contributed by atoms with Crippen LogP contribution in [0.25, 0.3) is 0 Å². The summed E-state index contributed by atoms with van der Waals surface area (Å²) >= 11 is 0. The molecular formula is C7H7FN2O. The number of halogens is 1. The van der Waals surface area contributed by atoms with Crippen molar-refractivity contribution in [3.63, 3.8) is 0 Å². The number of hydrogen-bond donors (Lipinski definition) is 1. The molecular weight excluding hydrogens is 147 g/mol. The number of carbonyl (C=O) groups is 1. The lowest BCUT2D eigenvalue weighted by Crippen LogP contribution is -1.96. The van der Waals surface area contributed by atoms with Gasteiger partial charge in [-0.2, -0.15) is 4.39 Å². The minimum absolute atomic E-state index is 0.355. The molecule has 0 aliphatic rings. The Morgan fingerprint density at radius 1 is 1.73 bits per heavy atom. The van der Waals surface area contributed by atoms with Crippen LogP contribution in [0.4, 0.5) is 10.1 Å². The Morgan fingerprint density at radius 2 is 2.45 bits per heavy atom. The second kappa shape index (κ2) is 3.09. The lowest BCUT2D eigenvalue weighted by molar-refractivity contribution is 0.112. The highest BCUT2D eigenvalue weighted by Gasteiger charge is 2.00. The quantitative estimate of drug-likeness (QED) is 0.511. The normalized spacial score (nSPS) is 9.27. The second-order valence-electron chi connectivity index (χ2n) is 1.96. The molecule has 1 heterocycles. The first-order valence-electron chi connectivity index (χ1n) is 3.06. The Kier molecular flexibility index (Phi) is 2.15. The van der Waals surface area contributed by atoms with Gasteiger partial charge in [-0.05, 0) is 0 Å². The Balaban J connectivity index is 3.16. The molecule has 0 radical (unpaired) electrons. The van der Waals surface area contributed by atoms with E-state index in [1.54, 1.807) is 7.05 Å². The summed E-state index contributed by atoms with van der Waals surface area (Å²) in [5.41, 5.74) is 0.807. The van der Waals surface area contributed by atoms with Crippen molar-refractivity contribution >= 4 is 12.0 Å². The van der Waals surface area contributed by atoms with Gasteiger partial charge in [0.2, 0.25) is 5.95 Å². The molecule has 1 rings (SSSR count). The number of anilines is 1.